The van der Waals surface area contributed by atoms with Crippen molar-refractivity contribution in [1.29, 1.82) is 0 Å². The molecule has 8 heteroatoms. The maximum absolute atomic E-state index is 12.5. The Bertz CT molecular complexity index is 896. The number of hydrogen-bond donors (Lipinski definition) is 2. The summed E-state index contributed by atoms with van der Waals surface area (Å²) in [4.78, 5) is 11.5. The fourth-order valence-corrected chi connectivity index (χ4v) is 3.77. The molecule has 6 nitrogen and oxygen atoms in total. The number of fused-ring (bicyclic) bond motifs is 1. The van der Waals surface area contributed by atoms with E-state index in [0.29, 0.717) is 27.7 Å². The largest absolute Gasteiger partial charge is 0.482 e. The Labute approximate surface area is 138 Å². The van der Waals surface area contributed by atoms with Crippen molar-refractivity contribution in [3.8, 4) is 5.75 Å². The number of carbonyl (C=O) groups is 1. The van der Waals surface area contributed by atoms with Crippen molar-refractivity contribution >= 4 is 38.9 Å². The Kier molecular flexibility index (Phi) is 3.91. The number of hydrogen-bond acceptors (Lipinski definition) is 4. The molecule has 0 radical (unpaired) electrons. The Morgan fingerprint density at radius 3 is 2.74 bits per heavy atom. The average molecular weight is 353 g/mol. The van der Waals surface area contributed by atoms with Crippen molar-refractivity contribution < 1.29 is 17.9 Å². The molecule has 0 atom stereocenters. The molecule has 2 N–H and O–H groups in total. The zero-order valence-electron chi connectivity index (χ0n) is 12.1. The molecule has 1 aliphatic rings. The lowest BCUT2D eigenvalue weighted by Crippen LogP contribution is -2.25. The minimum absolute atomic E-state index is 0.0535. The first-order valence-corrected chi connectivity index (χ1v) is 8.57. The number of ether oxygens (including phenoxy) is 1. The third kappa shape index (κ3) is 3.25. The second-order valence-corrected chi connectivity index (χ2v) is 7.15. The predicted molar refractivity (Wildman–Crippen MR) is 87.6 cm³/mol. The highest BCUT2D eigenvalue weighted by molar-refractivity contribution is 7.92. The Morgan fingerprint density at radius 1 is 1.22 bits per heavy atom. The van der Waals surface area contributed by atoms with E-state index in [1.165, 1.54) is 18.2 Å². The summed E-state index contributed by atoms with van der Waals surface area (Å²) in [6, 6.07) is 9.22. The second kappa shape index (κ2) is 5.75. The average Bonchev–Trinajstić information content (AvgIpc) is 2.45. The zero-order valence-corrected chi connectivity index (χ0v) is 13.7. The molecule has 1 amide bonds. The molecule has 1 heterocycles. The summed E-state index contributed by atoms with van der Waals surface area (Å²) in [5.74, 6) is 0.210. The molecule has 0 unspecified atom stereocenters. The van der Waals surface area contributed by atoms with Gasteiger partial charge in [-0.1, -0.05) is 11.6 Å². The highest BCUT2D eigenvalue weighted by Gasteiger charge is 2.20. The third-order valence-corrected chi connectivity index (χ3v) is 5.07. The van der Waals surface area contributed by atoms with Crippen molar-refractivity contribution in [2.75, 3.05) is 16.6 Å². The standard InChI is InChI=1S/C15H13ClN2O4S/c1-9-6-10(16)2-5-14(9)23(20,21)18-11-3-4-13-12(7-11)17-15(19)8-22-13/h2-7,18H,8H2,1H3,(H,17,19). The number of aryl methyl sites for hydroxylation is 1. The van der Waals surface area contributed by atoms with Gasteiger partial charge in [0.2, 0.25) is 0 Å². The van der Waals surface area contributed by atoms with Crippen molar-refractivity contribution in [1.82, 2.24) is 0 Å². The zero-order chi connectivity index (χ0) is 16.6. The molecule has 0 spiro atoms. The molecule has 0 aromatic heterocycles. The van der Waals surface area contributed by atoms with Crippen LogP contribution in [0.4, 0.5) is 11.4 Å². The van der Waals surface area contributed by atoms with Crippen LogP contribution in [0.5, 0.6) is 5.75 Å². The fourth-order valence-electron chi connectivity index (χ4n) is 2.27. The summed E-state index contributed by atoms with van der Waals surface area (Å²) in [5, 5.41) is 3.10. The maximum atomic E-state index is 12.5. The topological polar surface area (TPSA) is 84.5 Å². The molecular formula is C15H13ClN2O4S. The number of anilines is 2. The van der Waals surface area contributed by atoms with E-state index in [4.69, 9.17) is 16.3 Å². The highest BCUT2D eigenvalue weighted by Crippen LogP contribution is 2.31. The Balaban J connectivity index is 1.92. The SMILES string of the molecule is Cc1cc(Cl)ccc1S(=O)(=O)Nc1ccc2c(c1)NC(=O)CO2. The van der Waals surface area contributed by atoms with Gasteiger partial charge in [0, 0.05) is 5.02 Å². The van der Waals surface area contributed by atoms with E-state index >= 15 is 0 Å². The van der Waals surface area contributed by atoms with Gasteiger partial charge in [0.15, 0.2) is 6.61 Å². The van der Waals surface area contributed by atoms with E-state index in [1.54, 1.807) is 25.1 Å². The van der Waals surface area contributed by atoms with Crippen LogP contribution in [0.15, 0.2) is 41.3 Å². The number of benzene rings is 2. The van der Waals surface area contributed by atoms with Gasteiger partial charge < -0.3 is 10.1 Å². The van der Waals surface area contributed by atoms with Gasteiger partial charge >= 0.3 is 0 Å². The van der Waals surface area contributed by atoms with E-state index in [2.05, 4.69) is 10.0 Å². The fraction of sp³-hybridized carbons (Fsp3) is 0.133. The lowest BCUT2D eigenvalue weighted by molar-refractivity contribution is -0.118. The van der Waals surface area contributed by atoms with Crippen LogP contribution < -0.4 is 14.8 Å². The monoisotopic (exact) mass is 352 g/mol. The predicted octanol–water partition coefficient (Wildman–Crippen LogP) is 2.78. The van der Waals surface area contributed by atoms with E-state index in [0.717, 1.165) is 0 Å². The summed E-state index contributed by atoms with van der Waals surface area (Å²) >= 11 is 5.85. The van der Waals surface area contributed by atoms with Gasteiger partial charge in [-0.05, 0) is 48.9 Å². The van der Waals surface area contributed by atoms with Crippen LogP contribution in [0.3, 0.4) is 0 Å². The second-order valence-electron chi connectivity index (χ2n) is 5.06. The highest BCUT2D eigenvalue weighted by atomic mass is 35.5. The quantitative estimate of drug-likeness (QED) is 0.889. The number of halogens is 1. The number of sulfonamides is 1. The molecule has 120 valence electrons. The molecule has 0 saturated heterocycles. The van der Waals surface area contributed by atoms with Gasteiger partial charge in [0.1, 0.15) is 5.75 Å². The first kappa shape index (κ1) is 15.6. The lowest BCUT2D eigenvalue weighted by atomic mass is 10.2. The molecule has 0 bridgehead atoms. The van der Waals surface area contributed by atoms with Crippen molar-refractivity contribution in [3.05, 3.63) is 47.0 Å². The summed E-state index contributed by atoms with van der Waals surface area (Å²) in [6.07, 6.45) is 0. The van der Waals surface area contributed by atoms with Crippen LogP contribution in [0.1, 0.15) is 5.56 Å². The first-order chi connectivity index (χ1) is 10.8. The molecule has 23 heavy (non-hydrogen) atoms. The van der Waals surface area contributed by atoms with Crippen LogP contribution in [0.25, 0.3) is 0 Å². The molecule has 0 fully saturated rings. The number of amides is 1. The van der Waals surface area contributed by atoms with Crippen LogP contribution >= 0.6 is 11.6 Å². The Morgan fingerprint density at radius 2 is 2.00 bits per heavy atom. The number of nitrogens with one attached hydrogen (secondary N) is 2. The van der Waals surface area contributed by atoms with E-state index < -0.39 is 10.0 Å². The molecule has 2 aromatic carbocycles. The van der Waals surface area contributed by atoms with E-state index in [-0.39, 0.29) is 17.4 Å². The Hall–Kier alpha value is -2.25. The van der Waals surface area contributed by atoms with Gasteiger partial charge in [0.25, 0.3) is 15.9 Å². The molecule has 2 aromatic rings. The van der Waals surface area contributed by atoms with Crippen LogP contribution in [-0.4, -0.2) is 20.9 Å². The van der Waals surface area contributed by atoms with Crippen LogP contribution in [0, 0.1) is 6.92 Å². The van der Waals surface area contributed by atoms with Crippen molar-refractivity contribution in [3.63, 3.8) is 0 Å². The van der Waals surface area contributed by atoms with Gasteiger partial charge in [-0.15, -0.1) is 0 Å². The van der Waals surface area contributed by atoms with Gasteiger partial charge in [-0.3, -0.25) is 9.52 Å². The third-order valence-electron chi connectivity index (χ3n) is 3.29. The summed E-state index contributed by atoms with van der Waals surface area (Å²) in [5.41, 5.74) is 1.29. The van der Waals surface area contributed by atoms with Crippen LogP contribution in [0.2, 0.25) is 5.02 Å². The van der Waals surface area contributed by atoms with Crippen molar-refractivity contribution in [2.24, 2.45) is 0 Å². The van der Waals surface area contributed by atoms with Crippen LogP contribution in [-0.2, 0) is 14.8 Å². The minimum atomic E-state index is -3.76. The smallest absolute Gasteiger partial charge is 0.262 e. The molecule has 0 saturated carbocycles. The molecule has 1 aliphatic heterocycles. The lowest BCUT2D eigenvalue weighted by Gasteiger charge is -2.19. The number of carbonyl (C=O) groups excluding carboxylic acids is 1. The van der Waals surface area contributed by atoms with E-state index in [1.807, 2.05) is 0 Å². The van der Waals surface area contributed by atoms with Gasteiger partial charge in [-0.25, -0.2) is 8.42 Å². The molecule has 0 aliphatic carbocycles. The summed E-state index contributed by atoms with van der Waals surface area (Å²) < 4.78 is 32.7. The molecule has 3 rings (SSSR count). The van der Waals surface area contributed by atoms with Gasteiger partial charge in [-0.2, -0.15) is 0 Å². The van der Waals surface area contributed by atoms with Gasteiger partial charge in [0.05, 0.1) is 16.3 Å². The van der Waals surface area contributed by atoms with Crippen molar-refractivity contribution in [2.45, 2.75) is 11.8 Å². The maximum Gasteiger partial charge on any atom is 0.262 e. The number of rotatable bonds is 3. The van der Waals surface area contributed by atoms with E-state index in [9.17, 15) is 13.2 Å². The molecular weight excluding hydrogens is 340 g/mol. The summed E-state index contributed by atoms with van der Waals surface area (Å²) in [7, 11) is -3.76. The minimum Gasteiger partial charge on any atom is -0.482 e. The summed E-state index contributed by atoms with van der Waals surface area (Å²) in [6.45, 7) is 1.61. The normalized spacial score (nSPS) is 13.7. The first-order valence-electron chi connectivity index (χ1n) is 6.71.